The Morgan fingerprint density at radius 2 is 2.14 bits per heavy atom. The van der Waals surface area contributed by atoms with Crippen molar-refractivity contribution in [3.63, 3.8) is 0 Å². The van der Waals surface area contributed by atoms with Crippen molar-refractivity contribution in [3.8, 4) is 0 Å². The molecule has 0 aromatic heterocycles. The highest BCUT2D eigenvalue weighted by Gasteiger charge is 2.47. The molecular weight excluding hydrogens is 284 g/mol. The van der Waals surface area contributed by atoms with Gasteiger partial charge in [-0.3, -0.25) is 0 Å². The fraction of sp³-hybridized carbons (Fsp3) is 0.412. The topological polar surface area (TPSA) is 61.8 Å². The molecular formula is C17H16O5. The van der Waals surface area contributed by atoms with E-state index >= 15 is 0 Å². The summed E-state index contributed by atoms with van der Waals surface area (Å²) >= 11 is 0. The predicted molar refractivity (Wildman–Crippen MR) is 76.2 cm³/mol. The van der Waals surface area contributed by atoms with Crippen LogP contribution in [0.25, 0.3) is 0 Å². The highest BCUT2D eigenvalue weighted by atomic mass is 16.7. The molecule has 5 heteroatoms. The smallest absolute Gasteiger partial charge is 0.338 e. The van der Waals surface area contributed by atoms with Crippen LogP contribution in [0.15, 0.2) is 46.8 Å². The Kier molecular flexibility index (Phi) is 2.96. The molecule has 0 aromatic rings. The lowest BCUT2D eigenvalue weighted by Gasteiger charge is -2.15. The zero-order valence-corrected chi connectivity index (χ0v) is 12.2. The first-order valence-electron chi connectivity index (χ1n) is 7.48. The largest absolute Gasteiger partial charge is 0.458 e. The molecule has 5 nitrogen and oxygen atoms in total. The van der Waals surface area contributed by atoms with Crippen molar-refractivity contribution in [1.29, 1.82) is 0 Å². The number of fused-ring (bicyclic) bond motifs is 2. The second kappa shape index (κ2) is 4.87. The van der Waals surface area contributed by atoms with Gasteiger partial charge in [0.05, 0.1) is 17.8 Å². The number of ether oxygens (including phenoxy) is 3. The molecule has 2 aliphatic heterocycles. The molecule has 0 N–H and O–H groups in total. The number of esters is 2. The van der Waals surface area contributed by atoms with E-state index in [2.05, 4.69) is 12.2 Å². The maximum atomic E-state index is 12.1. The first kappa shape index (κ1) is 13.4. The summed E-state index contributed by atoms with van der Waals surface area (Å²) in [6.45, 7) is 1.67. The van der Waals surface area contributed by atoms with Crippen LogP contribution in [0.5, 0.6) is 0 Å². The van der Waals surface area contributed by atoms with Crippen LogP contribution in [0.4, 0.5) is 0 Å². The standard InChI is InChI=1S/C17H16O5/c1-9-6-14(22-16(9)18)20-8-12-15-11-5-3-2-4-10(11)7-13(15)21-17(12)19/h2,4,6,8,13-15H,3,5,7H2,1H3/b12-8+. The van der Waals surface area contributed by atoms with E-state index in [1.165, 1.54) is 17.4 Å². The Morgan fingerprint density at radius 1 is 1.27 bits per heavy atom. The molecule has 0 saturated carbocycles. The van der Waals surface area contributed by atoms with E-state index < -0.39 is 12.3 Å². The molecule has 1 fully saturated rings. The second-order valence-corrected chi connectivity index (χ2v) is 5.95. The van der Waals surface area contributed by atoms with Crippen molar-refractivity contribution in [2.45, 2.75) is 38.6 Å². The number of carbonyl (C=O) groups is 2. The van der Waals surface area contributed by atoms with Crippen molar-refractivity contribution < 1.29 is 23.8 Å². The second-order valence-electron chi connectivity index (χ2n) is 5.95. The molecule has 0 bridgehead atoms. The van der Waals surface area contributed by atoms with Crippen molar-refractivity contribution in [1.82, 2.24) is 0 Å². The quantitative estimate of drug-likeness (QED) is 0.445. The van der Waals surface area contributed by atoms with Crippen molar-refractivity contribution >= 4 is 11.9 Å². The van der Waals surface area contributed by atoms with E-state index in [1.54, 1.807) is 13.0 Å². The Labute approximate surface area is 127 Å². The van der Waals surface area contributed by atoms with Crippen molar-refractivity contribution in [3.05, 3.63) is 46.8 Å². The molecule has 1 saturated heterocycles. The predicted octanol–water partition coefficient (Wildman–Crippen LogP) is 2.31. The molecule has 0 amide bonds. The van der Waals surface area contributed by atoms with E-state index in [-0.39, 0.29) is 18.0 Å². The summed E-state index contributed by atoms with van der Waals surface area (Å²) in [5.74, 6) is -0.741. The van der Waals surface area contributed by atoms with Crippen LogP contribution >= 0.6 is 0 Å². The lowest BCUT2D eigenvalue weighted by atomic mass is 9.88. The minimum Gasteiger partial charge on any atom is -0.458 e. The maximum Gasteiger partial charge on any atom is 0.338 e. The highest BCUT2D eigenvalue weighted by Crippen LogP contribution is 2.47. The first-order chi connectivity index (χ1) is 10.6. The Morgan fingerprint density at radius 3 is 2.91 bits per heavy atom. The zero-order valence-electron chi connectivity index (χ0n) is 12.2. The van der Waals surface area contributed by atoms with E-state index in [1.807, 2.05) is 0 Å². The van der Waals surface area contributed by atoms with Gasteiger partial charge in [-0.1, -0.05) is 17.7 Å². The fourth-order valence-corrected chi connectivity index (χ4v) is 3.51. The molecule has 2 heterocycles. The average molecular weight is 300 g/mol. The van der Waals surface area contributed by atoms with Gasteiger partial charge in [-0.25, -0.2) is 9.59 Å². The highest BCUT2D eigenvalue weighted by molar-refractivity contribution is 5.93. The van der Waals surface area contributed by atoms with Gasteiger partial charge in [-0.15, -0.1) is 0 Å². The molecule has 22 heavy (non-hydrogen) atoms. The molecule has 0 spiro atoms. The number of hydrogen-bond donors (Lipinski definition) is 0. The zero-order chi connectivity index (χ0) is 15.3. The third kappa shape index (κ3) is 2.00. The van der Waals surface area contributed by atoms with E-state index in [0.717, 1.165) is 19.3 Å². The van der Waals surface area contributed by atoms with Crippen LogP contribution in [-0.2, 0) is 23.8 Å². The third-order valence-electron chi connectivity index (χ3n) is 4.57. The molecule has 4 rings (SSSR count). The van der Waals surface area contributed by atoms with Crippen LogP contribution in [0.1, 0.15) is 26.2 Å². The van der Waals surface area contributed by atoms with Crippen LogP contribution in [0.3, 0.4) is 0 Å². The van der Waals surface area contributed by atoms with Crippen molar-refractivity contribution in [2.75, 3.05) is 0 Å². The Balaban J connectivity index is 1.57. The third-order valence-corrected chi connectivity index (χ3v) is 4.57. The minimum absolute atomic E-state index is 0.0189. The Bertz CT molecular complexity index is 679. The minimum atomic E-state index is -0.757. The molecule has 114 valence electrons. The van der Waals surface area contributed by atoms with Gasteiger partial charge in [0.25, 0.3) is 6.29 Å². The summed E-state index contributed by atoms with van der Waals surface area (Å²) in [7, 11) is 0. The number of cyclic esters (lactones) is 1. The first-order valence-corrected chi connectivity index (χ1v) is 7.48. The summed E-state index contributed by atoms with van der Waals surface area (Å²) in [6.07, 6.45) is 9.16. The summed E-state index contributed by atoms with van der Waals surface area (Å²) in [5.41, 5.74) is 3.60. The van der Waals surface area contributed by atoms with Gasteiger partial charge in [-0.2, -0.15) is 0 Å². The molecule has 0 aromatic carbocycles. The maximum absolute atomic E-state index is 12.1. The number of carbonyl (C=O) groups excluding carboxylic acids is 2. The van der Waals surface area contributed by atoms with Gasteiger partial charge < -0.3 is 14.2 Å². The lowest BCUT2D eigenvalue weighted by Crippen LogP contribution is -2.14. The molecule has 3 atom stereocenters. The van der Waals surface area contributed by atoms with Crippen LogP contribution in [0.2, 0.25) is 0 Å². The molecule has 3 unspecified atom stereocenters. The Hall–Kier alpha value is -2.30. The number of rotatable bonds is 2. The van der Waals surface area contributed by atoms with Crippen molar-refractivity contribution in [2.24, 2.45) is 5.92 Å². The van der Waals surface area contributed by atoms with E-state index in [9.17, 15) is 9.59 Å². The van der Waals surface area contributed by atoms with Gasteiger partial charge in [0.1, 0.15) is 6.10 Å². The molecule has 4 aliphatic rings. The molecule has 0 radical (unpaired) electrons. The lowest BCUT2D eigenvalue weighted by molar-refractivity contribution is -0.152. The van der Waals surface area contributed by atoms with Gasteiger partial charge in [0.2, 0.25) is 0 Å². The summed E-state index contributed by atoms with van der Waals surface area (Å²) in [6, 6.07) is 0. The normalized spacial score (nSPS) is 34.5. The average Bonchev–Trinajstić information content (AvgIpc) is 3.09. The SMILES string of the molecule is CC1=CC(O/C=C2/C(=O)OC3CC4=C(CCC=C4)C23)OC1=O. The van der Waals surface area contributed by atoms with Crippen LogP contribution in [0, 0.1) is 5.92 Å². The summed E-state index contributed by atoms with van der Waals surface area (Å²) in [5, 5.41) is 0. The van der Waals surface area contributed by atoms with Gasteiger partial charge >= 0.3 is 11.9 Å². The molecule has 2 aliphatic carbocycles. The number of allylic oxidation sites excluding steroid dienone is 2. The van der Waals surface area contributed by atoms with Crippen LogP contribution < -0.4 is 0 Å². The van der Waals surface area contributed by atoms with Gasteiger partial charge in [0.15, 0.2) is 0 Å². The fourth-order valence-electron chi connectivity index (χ4n) is 3.51. The monoisotopic (exact) mass is 300 g/mol. The van der Waals surface area contributed by atoms with Crippen LogP contribution in [-0.4, -0.2) is 24.3 Å². The number of hydrogen-bond acceptors (Lipinski definition) is 5. The summed E-state index contributed by atoms with van der Waals surface area (Å²) < 4.78 is 15.9. The van der Waals surface area contributed by atoms with Gasteiger partial charge in [0, 0.05) is 18.1 Å². The van der Waals surface area contributed by atoms with Gasteiger partial charge in [-0.05, 0) is 25.3 Å². The summed E-state index contributed by atoms with van der Waals surface area (Å²) in [4.78, 5) is 23.4. The van der Waals surface area contributed by atoms with E-state index in [0.29, 0.717) is 11.1 Å². The van der Waals surface area contributed by atoms with E-state index in [4.69, 9.17) is 14.2 Å².